The Bertz CT molecular complexity index is 2990. The second-order valence-corrected chi connectivity index (χ2v) is 36.7. The monoisotopic (exact) mass is 1150 g/mol. The second kappa shape index (κ2) is 25.2. The van der Waals surface area contributed by atoms with E-state index >= 15 is 0 Å². The van der Waals surface area contributed by atoms with Gasteiger partial charge in [-0.2, -0.15) is 8.42 Å². The third-order valence-corrected chi connectivity index (χ3v) is 22.7. The molecule has 0 saturated carbocycles. The van der Waals surface area contributed by atoms with E-state index in [1.54, 1.807) is 18.2 Å². The molecule has 76 heavy (non-hydrogen) atoms. The number of hydrogen-bond acceptors (Lipinski definition) is 14. The summed E-state index contributed by atoms with van der Waals surface area (Å²) < 4.78 is 76.6. The van der Waals surface area contributed by atoms with Gasteiger partial charge in [-0.3, -0.25) is 4.18 Å². The van der Waals surface area contributed by atoms with E-state index in [1.165, 1.54) is 29.8 Å². The number of thiophene rings is 1. The van der Waals surface area contributed by atoms with Gasteiger partial charge in [0.15, 0.2) is 12.5 Å². The van der Waals surface area contributed by atoms with E-state index < -0.39 is 56.9 Å². The zero-order chi connectivity index (χ0) is 56.0. The highest BCUT2D eigenvalue weighted by atomic mass is 35.5. The number of benzene rings is 3. The van der Waals surface area contributed by atoms with Crippen LogP contribution in [0.4, 0.5) is 0 Å². The van der Waals surface area contributed by atoms with Crippen LogP contribution in [0.3, 0.4) is 0 Å². The van der Waals surface area contributed by atoms with Crippen molar-refractivity contribution in [1.29, 1.82) is 0 Å². The van der Waals surface area contributed by atoms with Crippen LogP contribution in [-0.4, -0.2) is 91.8 Å². The van der Waals surface area contributed by atoms with Crippen molar-refractivity contribution in [2.24, 2.45) is 0 Å². The third-order valence-electron chi connectivity index (χ3n) is 13.2. The molecule has 0 amide bonds. The van der Waals surface area contributed by atoms with Crippen molar-refractivity contribution < 1.29 is 50.2 Å². The minimum Gasteiger partial charge on any atom is -0.543 e. The fourth-order valence-electron chi connectivity index (χ4n) is 8.04. The topological polar surface area (TPSA) is 151 Å². The molecule has 2 atom stereocenters. The molecular formula is C57H76Cl2N2O11S2Si2. The van der Waals surface area contributed by atoms with Crippen molar-refractivity contribution >= 4 is 82.8 Å². The van der Waals surface area contributed by atoms with Gasteiger partial charge >= 0.3 is 5.97 Å². The van der Waals surface area contributed by atoms with Crippen molar-refractivity contribution in [3.8, 4) is 34.3 Å². The van der Waals surface area contributed by atoms with Gasteiger partial charge in [0.1, 0.15) is 41.0 Å². The van der Waals surface area contributed by atoms with Gasteiger partial charge in [0, 0.05) is 37.1 Å². The highest BCUT2D eigenvalue weighted by molar-refractivity contribution is 7.86. The summed E-state index contributed by atoms with van der Waals surface area (Å²) in [6, 6.07) is 13.0. The molecule has 414 valence electrons. The Labute approximate surface area is 466 Å². The highest BCUT2D eigenvalue weighted by Crippen LogP contribution is 2.53. The van der Waals surface area contributed by atoms with Crippen molar-refractivity contribution in [2.75, 3.05) is 33.2 Å². The SMILES string of the molecule is C=CCOC[C@H](COS(=O)(=O)c1ccc(C)cc1)Oc1c(Cl)c(C)c(-c2c(C3=CCCC3)sc3ncnc(OC(Cc4cc(O[Si](C)(C)C(C)(C)C)ccc4OCOCC[Si](C)(C)C)C(=O)OC(C)(C)C)c23)c(C)c1Cl. The van der Waals surface area contributed by atoms with Crippen LogP contribution >= 0.6 is 34.5 Å². The lowest BCUT2D eigenvalue weighted by Gasteiger charge is -2.36. The zero-order valence-corrected chi connectivity index (χ0v) is 51.8. The van der Waals surface area contributed by atoms with E-state index in [1.807, 2.05) is 59.7 Å². The molecule has 0 bridgehead atoms. The predicted octanol–water partition coefficient (Wildman–Crippen LogP) is 14.9. The van der Waals surface area contributed by atoms with E-state index in [0.717, 1.165) is 46.9 Å². The maximum atomic E-state index is 14.6. The number of hydrogen-bond donors (Lipinski definition) is 0. The van der Waals surface area contributed by atoms with Crippen LogP contribution < -0.4 is 18.6 Å². The normalized spacial score (nSPS) is 14.3. The van der Waals surface area contributed by atoms with Crippen LogP contribution in [0.5, 0.6) is 23.1 Å². The van der Waals surface area contributed by atoms with Crippen LogP contribution in [0, 0.1) is 20.8 Å². The molecule has 19 heteroatoms. The van der Waals surface area contributed by atoms with E-state index in [2.05, 4.69) is 66.2 Å². The summed E-state index contributed by atoms with van der Waals surface area (Å²) >= 11 is 16.2. The number of nitrogens with zero attached hydrogens (tertiary/aromatic N) is 2. The number of halogens is 2. The molecule has 2 aromatic heterocycles. The maximum Gasteiger partial charge on any atom is 0.348 e. The molecule has 1 aliphatic rings. The predicted molar refractivity (Wildman–Crippen MR) is 312 cm³/mol. The molecule has 1 unspecified atom stereocenters. The first-order valence-electron chi connectivity index (χ1n) is 25.7. The molecule has 0 saturated heterocycles. The minimum atomic E-state index is -4.17. The van der Waals surface area contributed by atoms with Crippen molar-refractivity contribution in [3.63, 3.8) is 0 Å². The summed E-state index contributed by atoms with van der Waals surface area (Å²) in [6.45, 7) is 32.9. The van der Waals surface area contributed by atoms with Gasteiger partial charge in [0.05, 0.1) is 33.5 Å². The molecule has 0 aliphatic heterocycles. The van der Waals surface area contributed by atoms with Gasteiger partial charge in [-0.25, -0.2) is 14.8 Å². The molecule has 0 N–H and O–H groups in total. The van der Waals surface area contributed by atoms with Crippen molar-refractivity contribution in [1.82, 2.24) is 9.97 Å². The van der Waals surface area contributed by atoms with Crippen molar-refractivity contribution in [2.45, 2.75) is 155 Å². The van der Waals surface area contributed by atoms with Crippen LogP contribution in [0.15, 0.2) is 72.4 Å². The lowest BCUT2D eigenvalue weighted by atomic mass is 9.91. The Morgan fingerprint density at radius 2 is 1.58 bits per heavy atom. The lowest BCUT2D eigenvalue weighted by Crippen LogP contribution is -2.43. The largest absolute Gasteiger partial charge is 0.543 e. The van der Waals surface area contributed by atoms with E-state index in [9.17, 15) is 13.2 Å². The number of allylic oxidation sites excluding steroid dienone is 2. The number of carbonyl (C=O) groups excluding carboxylic acids is 1. The summed E-state index contributed by atoms with van der Waals surface area (Å²) in [6.07, 6.45) is 5.74. The average molecular weight is 1160 g/mol. The van der Waals surface area contributed by atoms with Gasteiger partial charge in [-0.1, -0.05) is 93.5 Å². The molecule has 0 fully saturated rings. The number of aryl methyl sites for hydroxylation is 1. The van der Waals surface area contributed by atoms with Gasteiger partial charge < -0.3 is 32.8 Å². The third kappa shape index (κ3) is 15.7. The molecule has 5 aromatic rings. The van der Waals surface area contributed by atoms with Crippen LogP contribution in [0.25, 0.3) is 26.9 Å². The summed E-state index contributed by atoms with van der Waals surface area (Å²) in [5.41, 5.74) is 4.47. The number of carbonyl (C=O) groups is 1. The quantitative estimate of drug-likeness (QED) is 0.0136. The van der Waals surface area contributed by atoms with Crippen LogP contribution in [0.1, 0.15) is 87.9 Å². The van der Waals surface area contributed by atoms with Gasteiger partial charge in [-0.05, 0) is 138 Å². The fourth-order valence-corrected chi connectivity index (χ4v) is 12.5. The maximum absolute atomic E-state index is 14.6. The Balaban J connectivity index is 1.45. The van der Waals surface area contributed by atoms with Crippen LogP contribution in [0.2, 0.25) is 53.9 Å². The first-order valence-corrected chi connectivity index (χ1v) is 35.3. The molecular weight excluding hydrogens is 1080 g/mol. The van der Waals surface area contributed by atoms with Gasteiger partial charge in [-0.15, -0.1) is 17.9 Å². The fraction of sp³-hybridized carbons (Fsp3) is 0.491. The summed E-state index contributed by atoms with van der Waals surface area (Å²) in [7, 11) is -7.82. The first-order chi connectivity index (χ1) is 35.5. The molecule has 0 radical (unpaired) electrons. The number of ether oxygens (including phenoxy) is 6. The average Bonchev–Trinajstić information content (AvgIpc) is 4.00. The Hall–Kier alpha value is -4.31. The number of fused-ring (bicyclic) bond motifs is 1. The van der Waals surface area contributed by atoms with Gasteiger partial charge in [0.2, 0.25) is 20.3 Å². The zero-order valence-electron chi connectivity index (χ0n) is 46.7. The van der Waals surface area contributed by atoms with E-state index in [0.29, 0.717) is 50.6 Å². The van der Waals surface area contributed by atoms with Crippen LogP contribution in [-0.2, 0) is 39.7 Å². The molecule has 13 nitrogen and oxygen atoms in total. The first kappa shape index (κ1) is 60.9. The van der Waals surface area contributed by atoms with E-state index in [-0.39, 0.29) is 58.0 Å². The molecule has 6 rings (SSSR count). The molecule has 3 aromatic carbocycles. The standard InChI is InChI=1S/C57H76Cl2N2O11S2Si2/c1-16-27-65-32-42(33-68-74(63,64)43-24-21-36(2)22-25-43)69-51-49(58)37(3)46(38(4)50(51)59)47-48-53(60-34-61-54(48)73-52(47)39-19-17-18-20-39)70-45(55(62)71-56(5,6)7)31-40-30-41(72-76(14,15)57(8,9)10)23-26-44(40)67-35-66-28-29-75(11,12)13/h16,19,21-26,30,34,42,45H,1,17-18,20,27-29,31-33,35H2,2-15H3/t42-,45?/m1/s1. The minimum absolute atomic E-state index is 0.00479. The Morgan fingerprint density at radius 3 is 2.18 bits per heavy atom. The van der Waals surface area contributed by atoms with Crippen molar-refractivity contribution in [3.05, 3.63) is 105 Å². The summed E-state index contributed by atoms with van der Waals surface area (Å²) in [5, 5.41) is 0.856. The highest BCUT2D eigenvalue weighted by Gasteiger charge is 2.40. The number of rotatable bonds is 25. The molecule has 1 aliphatic carbocycles. The summed E-state index contributed by atoms with van der Waals surface area (Å²) in [5.74, 6) is 0.839. The molecule has 0 spiro atoms. The van der Waals surface area contributed by atoms with Gasteiger partial charge in [0.25, 0.3) is 10.1 Å². The Morgan fingerprint density at radius 1 is 0.895 bits per heavy atom. The smallest absolute Gasteiger partial charge is 0.348 e. The number of esters is 1. The van der Waals surface area contributed by atoms with E-state index in [4.69, 9.17) is 70.2 Å². The number of aromatic nitrogens is 2. The molecule has 2 heterocycles. The Kier molecular flexibility index (Phi) is 20.2. The second-order valence-electron chi connectivity index (χ2n) is 22.9. The summed E-state index contributed by atoms with van der Waals surface area (Å²) in [4.78, 5) is 25.7. The lowest BCUT2D eigenvalue weighted by molar-refractivity contribution is -0.163.